The quantitative estimate of drug-likeness (QED) is 0.354. The second-order valence-electron chi connectivity index (χ2n) is 8.04. The third-order valence-corrected chi connectivity index (χ3v) is 5.16. The number of hydrogen-bond acceptors (Lipinski definition) is 2. The second kappa shape index (κ2) is 12.8. The number of phenols is 1. The topological polar surface area (TPSA) is 57.5 Å². The predicted octanol–water partition coefficient (Wildman–Crippen LogP) is 6.89. The van der Waals surface area contributed by atoms with E-state index in [1.165, 1.54) is 57.8 Å². The lowest BCUT2D eigenvalue weighted by atomic mass is 9.98. The van der Waals surface area contributed by atoms with E-state index in [0.29, 0.717) is 5.56 Å². The molecule has 26 heavy (non-hydrogen) atoms. The van der Waals surface area contributed by atoms with Gasteiger partial charge in [-0.15, -0.1) is 0 Å². The summed E-state index contributed by atoms with van der Waals surface area (Å²) in [5.74, 6) is -0.256. The normalized spacial score (nSPS) is 11.2. The van der Waals surface area contributed by atoms with Gasteiger partial charge < -0.3 is 10.2 Å². The molecule has 0 spiro atoms. The average Bonchev–Trinajstić information content (AvgIpc) is 2.57. The van der Waals surface area contributed by atoms with Crippen molar-refractivity contribution in [2.24, 2.45) is 5.92 Å². The summed E-state index contributed by atoms with van der Waals surface area (Å²) >= 11 is 0. The number of aromatic hydroxyl groups is 1. The van der Waals surface area contributed by atoms with Gasteiger partial charge in [-0.25, -0.2) is 4.79 Å². The molecule has 1 aromatic carbocycles. The zero-order valence-corrected chi connectivity index (χ0v) is 17.0. The summed E-state index contributed by atoms with van der Waals surface area (Å²) in [7, 11) is 0. The molecule has 0 unspecified atom stereocenters. The maximum Gasteiger partial charge on any atom is 0.339 e. The molecule has 0 heterocycles. The van der Waals surface area contributed by atoms with Crippen LogP contribution in [0, 0.1) is 12.8 Å². The first kappa shape index (κ1) is 22.5. The summed E-state index contributed by atoms with van der Waals surface area (Å²) in [5, 5.41) is 19.3. The van der Waals surface area contributed by atoms with Crippen LogP contribution in [0.3, 0.4) is 0 Å². The summed E-state index contributed by atoms with van der Waals surface area (Å²) < 4.78 is 0. The van der Waals surface area contributed by atoms with Crippen molar-refractivity contribution >= 4 is 5.97 Å². The minimum atomic E-state index is -1.05. The highest BCUT2D eigenvalue weighted by molar-refractivity contribution is 5.93. The fourth-order valence-electron chi connectivity index (χ4n) is 3.49. The van der Waals surface area contributed by atoms with Crippen molar-refractivity contribution in [3.63, 3.8) is 0 Å². The standard InChI is InChI=1S/C23H38O3/c1-18(2)14-12-10-8-6-4-5-7-9-11-13-15-20-17-16-19(3)21(22(20)24)23(25)26/h16-18,24H,4-15H2,1-3H3,(H,25,26). The van der Waals surface area contributed by atoms with Crippen molar-refractivity contribution in [1.29, 1.82) is 0 Å². The Morgan fingerprint density at radius 3 is 1.88 bits per heavy atom. The lowest BCUT2D eigenvalue weighted by molar-refractivity contribution is 0.0692. The molecule has 0 aliphatic carbocycles. The third kappa shape index (κ3) is 8.73. The summed E-state index contributed by atoms with van der Waals surface area (Å²) in [5.41, 5.74) is 1.42. The number of carboxylic acid groups (broad SMARTS) is 1. The predicted molar refractivity (Wildman–Crippen MR) is 109 cm³/mol. The SMILES string of the molecule is Cc1ccc(CCCCCCCCCCCCC(C)C)c(O)c1C(=O)O. The first-order valence-electron chi connectivity index (χ1n) is 10.5. The molecule has 0 saturated carbocycles. The van der Waals surface area contributed by atoms with Crippen LogP contribution >= 0.6 is 0 Å². The molecule has 1 rings (SSSR count). The minimum Gasteiger partial charge on any atom is -0.507 e. The zero-order chi connectivity index (χ0) is 19.4. The molecular formula is C23H38O3. The van der Waals surface area contributed by atoms with Crippen LogP contribution in [0.15, 0.2) is 12.1 Å². The van der Waals surface area contributed by atoms with Gasteiger partial charge in [0, 0.05) is 0 Å². The molecule has 2 N–H and O–H groups in total. The van der Waals surface area contributed by atoms with E-state index in [0.717, 1.165) is 30.7 Å². The average molecular weight is 363 g/mol. The van der Waals surface area contributed by atoms with Gasteiger partial charge in [-0.3, -0.25) is 0 Å². The van der Waals surface area contributed by atoms with Gasteiger partial charge in [0.25, 0.3) is 0 Å². The van der Waals surface area contributed by atoms with Crippen molar-refractivity contribution in [2.45, 2.75) is 97.8 Å². The summed E-state index contributed by atoms with van der Waals surface area (Å²) in [6.45, 7) is 6.31. The Hall–Kier alpha value is -1.51. The van der Waals surface area contributed by atoms with Crippen LogP contribution in [0.25, 0.3) is 0 Å². The van der Waals surface area contributed by atoms with Gasteiger partial charge >= 0.3 is 5.97 Å². The molecule has 0 amide bonds. The largest absolute Gasteiger partial charge is 0.507 e. The molecular weight excluding hydrogens is 324 g/mol. The number of hydrogen-bond donors (Lipinski definition) is 2. The van der Waals surface area contributed by atoms with Gasteiger partial charge in [0.15, 0.2) is 0 Å². The van der Waals surface area contributed by atoms with Crippen LogP contribution in [-0.4, -0.2) is 16.2 Å². The Morgan fingerprint density at radius 1 is 0.885 bits per heavy atom. The van der Waals surface area contributed by atoms with E-state index in [-0.39, 0.29) is 11.3 Å². The Kier molecular flexibility index (Phi) is 11.1. The van der Waals surface area contributed by atoms with E-state index < -0.39 is 5.97 Å². The molecule has 1 aromatic rings. The molecule has 0 aliphatic rings. The van der Waals surface area contributed by atoms with Gasteiger partial charge in [-0.05, 0) is 36.8 Å². The van der Waals surface area contributed by atoms with Crippen LogP contribution in [-0.2, 0) is 6.42 Å². The van der Waals surface area contributed by atoms with Crippen LogP contribution in [0.2, 0.25) is 0 Å². The smallest absolute Gasteiger partial charge is 0.339 e. The van der Waals surface area contributed by atoms with E-state index in [2.05, 4.69) is 13.8 Å². The fraction of sp³-hybridized carbons (Fsp3) is 0.696. The fourth-order valence-corrected chi connectivity index (χ4v) is 3.49. The van der Waals surface area contributed by atoms with E-state index >= 15 is 0 Å². The number of aromatic carboxylic acids is 1. The molecule has 0 aliphatic heterocycles. The summed E-state index contributed by atoms with van der Waals surface area (Å²) in [4.78, 5) is 11.2. The van der Waals surface area contributed by atoms with Gasteiger partial charge in [0.1, 0.15) is 11.3 Å². The maximum atomic E-state index is 11.2. The van der Waals surface area contributed by atoms with Crippen LogP contribution in [0.5, 0.6) is 5.75 Å². The molecule has 0 fully saturated rings. The van der Waals surface area contributed by atoms with Gasteiger partial charge in [0.2, 0.25) is 0 Å². The number of benzene rings is 1. The third-order valence-electron chi connectivity index (χ3n) is 5.16. The Labute approximate surface area is 159 Å². The van der Waals surface area contributed by atoms with Crippen molar-refractivity contribution in [3.8, 4) is 5.75 Å². The van der Waals surface area contributed by atoms with Crippen LogP contribution < -0.4 is 0 Å². The molecule has 0 bridgehead atoms. The van der Waals surface area contributed by atoms with E-state index in [1.54, 1.807) is 13.0 Å². The Bertz CT molecular complexity index is 534. The number of carboxylic acids is 1. The van der Waals surface area contributed by atoms with Crippen molar-refractivity contribution in [3.05, 3.63) is 28.8 Å². The first-order valence-corrected chi connectivity index (χ1v) is 10.5. The van der Waals surface area contributed by atoms with Gasteiger partial charge in [-0.1, -0.05) is 90.2 Å². The summed E-state index contributed by atoms with van der Waals surface area (Å²) in [6.07, 6.45) is 15.0. The lowest BCUT2D eigenvalue weighted by Crippen LogP contribution is -2.02. The van der Waals surface area contributed by atoms with Gasteiger partial charge in [-0.2, -0.15) is 0 Å². The molecule has 0 aromatic heterocycles. The number of aryl methyl sites for hydroxylation is 2. The molecule has 0 radical (unpaired) electrons. The molecule has 3 nitrogen and oxygen atoms in total. The number of rotatable bonds is 14. The zero-order valence-electron chi connectivity index (χ0n) is 17.0. The molecule has 3 heteroatoms. The van der Waals surface area contributed by atoms with E-state index in [9.17, 15) is 15.0 Å². The first-order chi connectivity index (χ1) is 12.4. The number of carbonyl (C=O) groups is 1. The second-order valence-corrected chi connectivity index (χ2v) is 8.04. The van der Waals surface area contributed by atoms with E-state index in [1.807, 2.05) is 6.07 Å². The van der Waals surface area contributed by atoms with Crippen LogP contribution in [0.1, 0.15) is 106 Å². The number of unbranched alkanes of at least 4 members (excludes halogenated alkanes) is 9. The Balaban J connectivity index is 2.08. The Morgan fingerprint density at radius 2 is 1.38 bits per heavy atom. The highest BCUT2D eigenvalue weighted by Gasteiger charge is 2.16. The molecule has 0 saturated heterocycles. The highest BCUT2D eigenvalue weighted by Crippen LogP contribution is 2.27. The minimum absolute atomic E-state index is 0.0463. The lowest BCUT2D eigenvalue weighted by Gasteiger charge is -2.10. The monoisotopic (exact) mass is 362 g/mol. The van der Waals surface area contributed by atoms with Crippen molar-refractivity contribution in [1.82, 2.24) is 0 Å². The molecule has 0 atom stereocenters. The van der Waals surface area contributed by atoms with E-state index in [4.69, 9.17) is 0 Å². The maximum absolute atomic E-state index is 11.2. The summed E-state index contributed by atoms with van der Waals surface area (Å²) in [6, 6.07) is 3.65. The van der Waals surface area contributed by atoms with Gasteiger partial charge in [0.05, 0.1) is 0 Å². The van der Waals surface area contributed by atoms with Crippen molar-refractivity contribution < 1.29 is 15.0 Å². The highest BCUT2D eigenvalue weighted by atomic mass is 16.4. The van der Waals surface area contributed by atoms with Crippen LogP contribution in [0.4, 0.5) is 0 Å². The molecule has 148 valence electrons. The van der Waals surface area contributed by atoms with Crippen molar-refractivity contribution in [2.75, 3.05) is 0 Å².